The number of nitrogens with two attached hydrogens (primary N) is 1. The summed E-state index contributed by atoms with van der Waals surface area (Å²) >= 11 is 0. The Balaban J connectivity index is 1.91. The minimum Gasteiger partial charge on any atom is -0.324 e. The van der Waals surface area contributed by atoms with E-state index in [1.807, 2.05) is 31.2 Å². The Morgan fingerprint density at radius 2 is 2.00 bits per heavy atom. The van der Waals surface area contributed by atoms with Crippen LogP contribution in [-0.4, -0.2) is 16.4 Å². The molecule has 0 radical (unpaired) electrons. The van der Waals surface area contributed by atoms with Gasteiger partial charge >= 0.3 is 0 Å². The third kappa shape index (κ3) is 2.63. The lowest BCUT2D eigenvalue weighted by Crippen LogP contribution is -2.52. The van der Waals surface area contributed by atoms with Crippen LogP contribution in [0, 0.1) is 6.92 Å². The van der Waals surface area contributed by atoms with Crippen molar-refractivity contribution in [3.8, 4) is 0 Å². The molecule has 2 aromatic rings. The van der Waals surface area contributed by atoms with Crippen LogP contribution < -0.4 is 11.1 Å². The summed E-state index contributed by atoms with van der Waals surface area (Å²) in [5, 5.41) is 3.98. The van der Waals surface area contributed by atoms with Crippen LogP contribution in [0.4, 0.5) is 5.69 Å². The lowest BCUT2D eigenvalue weighted by Gasteiger charge is -2.32. The van der Waals surface area contributed by atoms with Gasteiger partial charge in [-0.15, -0.1) is 0 Å². The number of benzene rings is 1. The molecule has 3 N–H and O–H groups in total. The van der Waals surface area contributed by atoms with Crippen molar-refractivity contribution in [1.29, 1.82) is 0 Å². The van der Waals surface area contributed by atoms with Crippen molar-refractivity contribution >= 4 is 22.5 Å². The predicted octanol–water partition coefficient (Wildman–Crippen LogP) is 3.14. The standard InChI is InChI=1S/C17H21N3O/c1-12-7-8-14(13-6-5-11-19-15(12)13)20-16(21)17(18)9-3-2-4-10-17/h5-8,11H,2-4,9-10,18H2,1H3,(H,20,21). The third-order valence-electron chi connectivity index (χ3n) is 4.42. The first kappa shape index (κ1) is 14.0. The number of aromatic nitrogens is 1. The van der Waals surface area contributed by atoms with Crippen LogP contribution in [0.25, 0.3) is 10.9 Å². The van der Waals surface area contributed by atoms with Gasteiger partial charge in [0.25, 0.3) is 0 Å². The Morgan fingerprint density at radius 1 is 1.24 bits per heavy atom. The third-order valence-corrected chi connectivity index (χ3v) is 4.42. The zero-order valence-electron chi connectivity index (χ0n) is 12.4. The molecular weight excluding hydrogens is 262 g/mol. The molecule has 1 aliphatic rings. The lowest BCUT2D eigenvalue weighted by molar-refractivity contribution is -0.122. The van der Waals surface area contributed by atoms with Gasteiger partial charge in [0.1, 0.15) is 0 Å². The van der Waals surface area contributed by atoms with E-state index in [2.05, 4.69) is 10.3 Å². The smallest absolute Gasteiger partial charge is 0.244 e. The molecule has 0 saturated heterocycles. The van der Waals surface area contributed by atoms with Gasteiger partial charge in [0, 0.05) is 11.6 Å². The number of carbonyl (C=O) groups is 1. The second kappa shape index (κ2) is 5.45. The van der Waals surface area contributed by atoms with Gasteiger partial charge in [-0.05, 0) is 43.5 Å². The fourth-order valence-corrected chi connectivity index (χ4v) is 3.08. The average molecular weight is 283 g/mol. The number of pyridine rings is 1. The van der Waals surface area contributed by atoms with Crippen molar-refractivity contribution in [1.82, 2.24) is 4.98 Å². The van der Waals surface area contributed by atoms with E-state index in [-0.39, 0.29) is 5.91 Å². The first-order chi connectivity index (χ1) is 10.1. The van der Waals surface area contributed by atoms with Crippen LogP contribution in [0.3, 0.4) is 0 Å². The second-order valence-electron chi connectivity index (χ2n) is 6.00. The summed E-state index contributed by atoms with van der Waals surface area (Å²) in [5.74, 6) is -0.0730. The molecule has 4 nitrogen and oxygen atoms in total. The molecule has 1 fully saturated rings. The number of aryl methyl sites for hydroxylation is 1. The molecule has 0 bridgehead atoms. The molecule has 0 unspecified atom stereocenters. The zero-order chi connectivity index (χ0) is 14.9. The van der Waals surface area contributed by atoms with Gasteiger partial charge in [-0.2, -0.15) is 0 Å². The normalized spacial score (nSPS) is 17.6. The molecule has 1 aromatic carbocycles. The van der Waals surface area contributed by atoms with Crippen LogP contribution in [0.5, 0.6) is 0 Å². The van der Waals surface area contributed by atoms with Crippen LogP contribution >= 0.6 is 0 Å². The highest BCUT2D eigenvalue weighted by Gasteiger charge is 2.35. The van der Waals surface area contributed by atoms with Gasteiger partial charge in [-0.3, -0.25) is 9.78 Å². The Morgan fingerprint density at radius 3 is 2.76 bits per heavy atom. The molecule has 110 valence electrons. The van der Waals surface area contributed by atoms with Gasteiger partial charge in [-0.25, -0.2) is 0 Å². The minimum absolute atomic E-state index is 0.0730. The van der Waals surface area contributed by atoms with Crippen molar-refractivity contribution in [3.63, 3.8) is 0 Å². The maximum atomic E-state index is 12.6. The van der Waals surface area contributed by atoms with E-state index < -0.39 is 5.54 Å². The largest absolute Gasteiger partial charge is 0.324 e. The summed E-state index contributed by atoms with van der Waals surface area (Å²) in [6.07, 6.45) is 6.53. The minimum atomic E-state index is -0.725. The molecule has 1 heterocycles. The number of hydrogen-bond acceptors (Lipinski definition) is 3. The number of hydrogen-bond donors (Lipinski definition) is 2. The molecule has 0 spiro atoms. The molecule has 0 atom stereocenters. The zero-order valence-corrected chi connectivity index (χ0v) is 12.4. The van der Waals surface area contributed by atoms with Crippen LogP contribution in [0.15, 0.2) is 30.5 Å². The van der Waals surface area contributed by atoms with Gasteiger partial charge in [0.2, 0.25) is 5.91 Å². The number of nitrogens with zero attached hydrogens (tertiary/aromatic N) is 1. The predicted molar refractivity (Wildman–Crippen MR) is 85.1 cm³/mol. The Bertz CT molecular complexity index is 675. The number of fused-ring (bicyclic) bond motifs is 1. The highest BCUT2D eigenvalue weighted by Crippen LogP contribution is 2.29. The average Bonchev–Trinajstić information content (AvgIpc) is 2.51. The van der Waals surface area contributed by atoms with Crippen LogP contribution in [0.1, 0.15) is 37.7 Å². The molecule has 1 aromatic heterocycles. The number of carbonyl (C=O) groups excluding carboxylic acids is 1. The molecule has 1 saturated carbocycles. The van der Waals surface area contributed by atoms with Crippen molar-refractivity contribution in [2.45, 2.75) is 44.6 Å². The molecule has 4 heteroatoms. The maximum absolute atomic E-state index is 12.6. The fraction of sp³-hybridized carbons (Fsp3) is 0.412. The summed E-state index contributed by atoms with van der Waals surface area (Å²) in [5.41, 5.74) is 8.39. The van der Waals surface area contributed by atoms with E-state index in [0.29, 0.717) is 0 Å². The molecule has 1 amide bonds. The van der Waals surface area contributed by atoms with Crippen molar-refractivity contribution in [2.75, 3.05) is 5.32 Å². The topological polar surface area (TPSA) is 68.0 Å². The Kier molecular flexibility index (Phi) is 3.64. The van der Waals surface area contributed by atoms with Crippen LogP contribution in [-0.2, 0) is 4.79 Å². The molecule has 1 aliphatic carbocycles. The highest BCUT2D eigenvalue weighted by atomic mass is 16.2. The summed E-state index contributed by atoms with van der Waals surface area (Å²) in [7, 11) is 0. The molecular formula is C17H21N3O. The maximum Gasteiger partial charge on any atom is 0.244 e. The Labute approximate surface area is 124 Å². The van der Waals surface area contributed by atoms with E-state index in [1.165, 1.54) is 6.42 Å². The van der Waals surface area contributed by atoms with E-state index in [1.54, 1.807) is 6.20 Å². The van der Waals surface area contributed by atoms with Crippen LogP contribution in [0.2, 0.25) is 0 Å². The molecule has 3 rings (SSSR count). The van der Waals surface area contributed by atoms with Crippen molar-refractivity contribution in [3.05, 3.63) is 36.0 Å². The van der Waals surface area contributed by atoms with Gasteiger partial charge in [0.05, 0.1) is 16.7 Å². The second-order valence-corrected chi connectivity index (χ2v) is 6.00. The number of anilines is 1. The van der Waals surface area contributed by atoms with E-state index in [9.17, 15) is 4.79 Å². The van der Waals surface area contributed by atoms with E-state index >= 15 is 0 Å². The highest BCUT2D eigenvalue weighted by molar-refractivity contribution is 6.05. The number of nitrogens with one attached hydrogen (secondary N) is 1. The molecule has 21 heavy (non-hydrogen) atoms. The number of amides is 1. The van der Waals surface area contributed by atoms with E-state index in [0.717, 1.165) is 47.8 Å². The summed E-state index contributed by atoms with van der Waals surface area (Å²) in [6.45, 7) is 2.02. The van der Waals surface area contributed by atoms with E-state index in [4.69, 9.17) is 5.73 Å². The number of rotatable bonds is 2. The lowest BCUT2D eigenvalue weighted by atomic mass is 9.82. The van der Waals surface area contributed by atoms with Gasteiger partial charge < -0.3 is 11.1 Å². The van der Waals surface area contributed by atoms with Crippen molar-refractivity contribution in [2.24, 2.45) is 5.73 Å². The van der Waals surface area contributed by atoms with Gasteiger partial charge in [0.15, 0.2) is 0 Å². The first-order valence-corrected chi connectivity index (χ1v) is 7.55. The summed E-state index contributed by atoms with van der Waals surface area (Å²) in [4.78, 5) is 17.0. The molecule has 0 aliphatic heterocycles. The fourth-order valence-electron chi connectivity index (χ4n) is 3.08. The monoisotopic (exact) mass is 283 g/mol. The van der Waals surface area contributed by atoms with Gasteiger partial charge in [-0.1, -0.05) is 25.3 Å². The van der Waals surface area contributed by atoms with Crippen molar-refractivity contribution < 1.29 is 4.79 Å². The quantitative estimate of drug-likeness (QED) is 0.889. The summed E-state index contributed by atoms with van der Waals surface area (Å²) in [6, 6.07) is 7.78. The SMILES string of the molecule is Cc1ccc(NC(=O)C2(N)CCCCC2)c2cccnc12. The Hall–Kier alpha value is -1.94. The summed E-state index contributed by atoms with van der Waals surface area (Å²) < 4.78 is 0. The first-order valence-electron chi connectivity index (χ1n) is 7.55.